The molecule has 0 spiro atoms. The van der Waals surface area contributed by atoms with E-state index in [0.29, 0.717) is 20.8 Å². The molecule has 0 N–H and O–H groups in total. The van der Waals surface area contributed by atoms with Crippen LogP contribution in [0.2, 0.25) is 0 Å². The maximum absolute atomic E-state index is 5.77. The average molecular weight is 298 g/mol. The fraction of sp³-hybridized carbons (Fsp3) is 0.368. The molecule has 110 valence electrons. The molecule has 1 nitrogen and oxygen atoms in total. The second-order valence-electron chi connectivity index (χ2n) is 5.73. The Morgan fingerprint density at radius 2 is 1.48 bits per heavy atom. The summed E-state index contributed by atoms with van der Waals surface area (Å²) in [6.45, 7) is 0. The topological polar surface area (TPSA) is 9.23 Å². The summed E-state index contributed by atoms with van der Waals surface area (Å²) in [6.07, 6.45) is 6.80. The van der Waals surface area contributed by atoms with Crippen molar-refractivity contribution >= 4 is 8.81 Å². The molecular weight excluding hydrogens is 275 g/mol. The van der Waals surface area contributed by atoms with Gasteiger partial charge < -0.3 is 4.52 Å². The van der Waals surface area contributed by atoms with Gasteiger partial charge in [-0.2, -0.15) is 0 Å². The van der Waals surface area contributed by atoms with Crippen molar-refractivity contribution in [3.63, 3.8) is 0 Å². The first-order chi connectivity index (χ1) is 10.4. The zero-order chi connectivity index (χ0) is 14.3. The minimum Gasteiger partial charge on any atom is -0.359 e. The van der Waals surface area contributed by atoms with E-state index in [1.54, 1.807) is 0 Å². The standard InChI is InChI=1S/C19H23OP/c1-3-8-16(9-4-1)19(17-10-5-2-6-11-17)12-7-15-21-20-18-13-14-18/h1-6,8-11,18-19,21H,7,12-15H2. The van der Waals surface area contributed by atoms with Gasteiger partial charge in [-0.15, -0.1) is 0 Å². The second kappa shape index (κ2) is 7.73. The molecule has 21 heavy (non-hydrogen) atoms. The minimum absolute atomic E-state index is 0.512. The highest BCUT2D eigenvalue weighted by molar-refractivity contribution is 7.32. The molecule has 0 aliphatic heterocycles. The van der Waals surface area contributed by atoms with E-state index < -0.39 is 0 Å². The quantitative estimate of drug-likeness (QED) is 0.470. The average Bonchev–Trinajstić information content (AvgIpc) is 3.37. The summed E-state index contributed by atoms with van der Waals surface area (Å²) < 4.78 is 5.77. The van der Waals surface area contributed by atoms with Crippen molar-refractivity contribution in [3.8, 4) is 0 Å². The molecule has 0 bridgehead atoms. The molecule has 0 amide bonds. The van der Waals surface area contributed by atoms with Crippen LogP contribution in [0.5, 0.6) is 0 Å². The van der Waals surface area contributed by atoms with E-state index in [2.05, 4.69) is 60.7 Å². The molecule has 1 aliphatic rings. The molecule has 0 heterocycles. The van der Waals surface area contributed by atoms with Crippen LogP contribution in [0.25, 0.3) is 0 Å². The summed E-state index contributed by atoms with van der Waals surface area (Å²) in [5, 5.41) is 0. The highest BCUT2D eigenvalue weighted by atomic mass is 31.1. The Bertz CT molecular complexity index is 482. The van der Waals surface area contributed by atoms with E-state index in [1.807, 2.05) is 0 Å². The Morgan fingerprint density at radius 1 is 0.905 bits per heavy atom. The third-order valence-electron chi connectivity index (χ3n) is 3.95. The van der Waals surface area contributed by atoms with Gasteiger partial charge in [0.25, 0.3) is 0 Å². The highest BCUT2D eigenvalue weighted by Gasteiger charge is 2.21. The van der Waals surface area contributed by atoms with E-state index in [9.17, 15) is 0 Å². The van der Waals surface area contributed by atoms with E-state index in [4.69, 9.17) is 4.52 Å². The molecule has 0 aromatic heterocycles. The van der Waals surface area contributed by atoms with E-state index in [-0.39, 0.29) is 0 Å². The molecule has 1 atom stereocenters. The van der Waals surface area contributed by atoms with E-state index >= 15 is 0 Å². The van der Waals surface area contributed by atoms with Gasteiger partial charge in [-0.1, -0.05) is 60.7 Å². The van der Waals surface area contributed by atoms with Gasteiger partial charge in [-0.05, 0) is 43.0 Å². The maximum Gasteiger partial charge on any atom is 0.0616 e. The van der Waals surface area contributed by atoms with Gasteiger partial charge in [0.05, 0.1) is 6.10 Å². The highest BCUT2D eigenvalue weighted by Crippen LogP contribution is 2.33. The molecule has 2 aromatic carbocycles. The van der Waals surface area contributed by atoms with Gasteiger partial charge in [-0.3, -0.25) is 0 Å². The van der Waals surface area contributed by atoms with Gasteiger partial charge in [0.15, 0.2) is 0 Å². The van der Waals surface area contributed by atoms with E-state index in [0.717, 1.165) is 0 Å². The first-order valence-corrected chi connectivity index (χ1v) is 9.03. The first-order valence-electron chi connectivity index (χ1n) is 7.92. The molecule has 1 fully saturated rings. The van der Waals surface area contributed by atoms with Crippen molar-refractivity contribution < 1.29 is 4.52 Å². The Labute approximate surface area is 129 Å². The zero-order valence-electron chi connectivity index (χ0n) is 12.4. The van der Waals surface area contributed by atoms with Crippen LogP contribution < -0.4 is 0 Å². The number of hydrogen-bond donors (Lipinski definition) is 0. The van der Waals surface area contributed by atoms with Crippen LogP contribution in [-0.4, -0.2) is 12.3 Å². The predicted molar refractivity (Wildman–Crippen MR) is 91.3 cm³/mol. The minimum atomic E-state index is 0.512. The molecule has 0 radical (unpaired) electrons. The van der Waals surface area contributed by atoms with Crippen LogP contribution in [0.1, 0.15) is 42.7 Å². The fourth-order valence-electron chi connectivity index (χ4n) is 2.64. The Morgan fingerprint density at radius 3 is 2.00 bits per heavy atom. The van der Waals surface area contributed by atoms with Crippen LogP contribution in [0.4, 0.5) is 0 Å². The van der Waals surface area contributed by atoms with Gasteiger partial charge >= 0.3 is 0 Å². The molecular formula is C19H23OP. The molecule has 1 aliphatic carbocycles. The van der Waals surface area contributed by atoms with Gasteiger partial charge in [0, 0.05) is 14.7 Å². The van der Waals surface area contributed by atoms with Crippen molar-refractivity contribution in [2.75, 3.05) is 6.16 Å². The van der Waals surface area contributed by atoms with Crippen molar-refractivity contribution in [2.24, 2.45) is 0 Å². The Hall–Kier alpha value is -1.17. The third kappa shape index (κ3) is 4.66. The lowest BCUT2D eigenvalue weighted by molar-refractivity contribution is 0.348. The van der Waals surface area contributed by atoms with Crippen molar-refractivity contribution in [3.05, 3.63) is 71.8 Å². The molecule has 3 rings (SSSR count). The van der Waals surface area contributed by atoms with Gasteiger partial charge in [0.1, 0.15) is 0 Å². The molecule has 1 saturated carbocycles. The lowest BCUT2D eigenvalue weighted by atomic mass is 9.88. The number of rotatable bonds is 8. The van der Waals surface area contributed by atoms with Crippen LogP contribution in [0, 0.1) is 0 Å². The summed E-state index contributed by atoms with van der Waals surface area (Å²) in [5.41, 5.74) is 2.85. The van der Waals surface area contributed by atoms with Crippen LogP contribution in [0.3, 0.4) is 0 Å². The summed E-state index contributed by atoms with van der Waals surface area (Å²) in [5.74, 6) is 0.512. The van der Waals surface area contributed by atoms with Gasteiger partial charge in [0.2, 0.25) is 0 Å². The SMILES string of the molecule is c1ccc(C(CCCPOC2CC2)c2ccccc2)cc1. The van der Waals surface area contributed by atoms with Crippen molar-refractivity contribution in [2.45, 2.75) is 37.7 Å². The lowest BCUT2D eigenvalue weighted by Crippen LogP contribution is -2.01. The Balaban J connectivity index is 1.59. The molecule has 2 aromatic rings. The largest absolute Gasteiger partial charge is 0.359 e. The van der Waals surface area contributed by atoms with Crippen molar-refractivity contribution in [1.82, 2.24) is 0 Å². The second-order valence-corrected chi connectivity index (χ2v) is 6.75. The summed E-state index contributed by atoms with van der Waals surface area (Å²) in [6, 6.07) is 21.8. The zero-order valence-corrected chi connectivity index (χ0v) is 13.4. The number of benzene rings is 2. The summed E-state index contributed by atoms with van der Waals surface area (Å²) in [7, 11) is 0.690. The monoisotopic (exact) mass is 298 g/mol. The fourth-order valence-corrected chi connectivity index (χ4v) is 3.58. The summed E-state index contributed by atoms with van der Waals surface area (Å²) >= 11 is 0. The maximum atomic E-state index is 5.77. The number of hydrogen-bond acceptors (Lipinski definition) is 1. The van der Waals surface area contributed by atoms with Crippen LogP contribution in [-0.2, 0) is 4.52 Å². The van der Waals surface area contributed by atoms with Gasteiger partial charge in [-0.25, -0.2) is 0 Å². The normalized spacial score (nSPS) is 15.1. The first kappa shape index (κ1) is 14.8. The molecule has 1 unspecified atom stereocenters. The van der Waals surface area contributed by atoms with Crippen molar-refractivity contribution in [1.29, 1.82) is 0 Å². The van der Waals surface area contributed by atoms with E-state index in [1.165, 1.54) is 43.0 Å². The summed E-state index contributed by atoms with van der Waals surface area (Å²) in [4.78, 5) is 0. The van der Waals surface area contributed by atoms with Crippen LogP contribution >= 0.6 is 8.81 Å². The predicted octanol–water partition coefficient (Wildman–Crippen LogP) is 5.37. The molecule has 2 heteroatoms. The lowest BCUT2D eigenvalue weighted by Gasteiger charge is -2.18. The molecule has 0 saturated heterocycles. The smallest absolute Gasteiger partial charge is 0.0616 e. The third-order valence-corrected chi connectivity index (χ3v) is 5.01. The van der Waals surface area contributed by atoms with Crippen LogP contribution in [0.15, 0.2) is 60.7 Å². The Kier molecular flexibility index (Phi) is 5.43.